The Morgan fingerprint density at radius 1 is 0.871 bits per heavy atom. The molecule has 1 heterocycles. The zero-order valence-corrected chi connectivity index (χ0v) is 17.8. The van der Waals surface area contributed by atoms with Gasteiger partial charge in [0.1, 0.15) is 0 Å². The number of benzene rings is 2. The highest BCUT2D eigenvalue weighted by molar-refractivity contribution is 6.05. The lowest BCUT2D eigenvalue weighted by atomic mass is 10.2. The Balaban J connectivity index is 1.50. The highest BCUT2D eigenvalue weighted by Crippen LogP contribution is 2.13. The van der Waals surface area contributed by atoms with E-state index in [4.69, 9.17) is 0 Å². The number of likely N-dealkylation sites (N-methyl/N-ethyl adjacent to an activating group) is 1. The fraction of sp³-hybridized carbons (Fsp3) is 0.261. The average molecular weight is 421 g/mol. The number of aromatic nitrogens is 2. The van der Waals surface area contributed by atoms with Gasteiger partial charge in [0, 0.05) is 29.7 Å². The van der Waals surface area contributed by atoms with E-state index < -0.39 is 0 Å². The van der Waals surface area contributed by atoms with E-state index >= 15 is 0 Å². The Kier molecular flexibility index (Phi) is 7.78. The SMILES string of the molecule is CCN(CC)CCn1cc(NC(=O)c2ccc(NC(=O)Nc3ccccc3)cc2)cn1. The van der Waals surface area contributed by atoms with E-state index in [0.29, 0.717) is 22.6 Å². The molecule has 0 unspecified atom stereocenters. The van der Waals surface area contributed by atoms with Crippen LogP contribution in [0.5, 0.6) is 0 Å². The molecule has 8 nitrogen and oxygen atoms in total. The highest BCUT2D eigenvalue weighted by atomic mass is 16.2. The first-order valence-corrected chi connectivity index (χ1v) is 10.4. The van der Waals surface area contributed by atoms with Crippen LogP contribution in [0.2, 0.25) is 0 Å². The van der Waals surface area contributed by atoms with Gasteiger partial charge in [-0.3, -0.25) is 9.48 Å². The summed E-state index contributed by atoms with van der Waals surface area (Å²) < 4.78 is 1.83. The number of amides is 3. The second-order valence-electron chi connectivity index (χ2n) is 7.00. The molecule has 0 saturated carbocycles. The van der Waals surface area contributed by atoms with Gasteiger partial charge in [-0.15, -0.1) is 0 Å². The molecule has 3 rings (SSSR count). The van der Waals surface area contributed by atoms with Crippen LogP contribution in [0.1, 0.15) is 24.2 Å². The van der Waals surface area contributed by atoms with Crippen LogP contribution in [0, 0.1) is 0 Å². The molecule has 0 spiro atoms. The predicted molar refractivity (Wildman–Crippen MR) is 123 cm³/mol. The number of hydrogen-bond acceptors (Lipinski definition) is 4. The normalized spacial score (nSPS) is 10.7. The van der Waals surface area contributed by atoms with Gasteiger partial charge in [0.15, 0.2) is 0 Å². The largest absolute Gasteiger partial charge is 0.323 e. The van der Waals surface area contributed by atoms with E-state index in [-0.39, 0.29) is 11.9 Å². The van der Waals surface area contributed by atoms with Crippen molar-refractivity contribution in [1.29, 1.82) is 0 Å². The Bertz CT molecular complexity index is 981. The number of hydrogen-bond donors (Lipinski definition) is 3. The zero-order chi connectivity index (χ0) is 22.1. The Morgan fingerprint density at radius 2 is 1.52 bits per heavy atom. The summed E-state index contributed by atoms with van der Waals surface area (Å²) in [5, 5.41) is 12.6. The molecule has 8 heteroatoms. The summed E-state index contributed by atoms with van der Waals surface area (Å²) in [5.41, 5.74) is 2.43. The zero-order valence-electron chi connectivity index (χ0n) is 17.8. The molecular formula is C23H28N6O2. The predicted octanol–water partition coefficient (Wildman–Crippen LogP) is 4.12. The summed E-state index contributed by atoms with van der Waals surface area (Å²) in [6.07, 6.45) is 3.47. The second-order valence-corrected chi connectivity index (χ2v) is 7.00. The molecule has 1 aromatic heterocycles. The topological polar surface area (TPSA) is 91.3 Å². The van der Waals surface area contributed by atoms with Gasteiger partial charge in [0.25, 0.3) is 5.91 Å². The lowest BCUT2D eigenvalue weighted by molar-refractivity contribution is 0.102. The van der Waals surface area contributed by atoms with E-state index in [9.17, 15) is 9.59 Å². The van der Waals surface area contributed by atoms with Crippen LogP contribution in [-0.4, -0.2) is 46.3 Å². The van der Waals surface area contributed by atoms with Gasteiger partial charge in [-0.05, 0) is 49.5 Å². The number of para-hydroxylation sites is 1. The van der Waals surface area contributed by atoms with Crippen molar-refractivity contribution in [2.45, 2.75) is 20.4 Å². The molecule has 0 saturated heterocycles. The number of rotatable bonds is 9. The summed E-state index contributed by atoms with van der Waals surface area (Å²) in [4.78, 5) is 26.9. The van der Waals surface area contributed by atoms with Gasteiger partial charge in [-0.25, -0.2) is 4.79 Å². The van der Waals surface area contributed by atoms with Crippen LogP contribution in [0.4, 0.5) is 21.9 Å². The number of carbonyl (C=O) groups is 2. The summed E-state index contributed by atoms with van der Waals surface area (Å²) in [6, 6.07) is 15.5. The molecule has 3 N–H and O–H groups in total. The molecule has 0 aliphatic carbocycles. The van der Waals surface area contributed by atoms with Gasteiger partial charge < -0.3 is 20.9 Å². The maximum absolute atomic E-state index is 12.5. The van der Waals surface area contributed by atoms with Gasteiger partial charge in [-0.2, -0.15) is 5.10 Å². The molecule has 0 fully saturated rings. The minimum absolute atomic E-state index is 0.233. The fourth-order valence-corrected chi connectivity index (χ4v) is 3.06. The number of nitrogens with zero attached hydrogens (tertiary/aromatic N) is 3. The van der Waals surface area contributed by atoms with Crippen molar-refractivity contribution in [3.05, 3.63) is 72.6 Å². The van der Waals surface area contributed by atoms with E-state index in [2.05, 4.69) is 39.8 Å². The summed E-state index contributed by atoms with van der Waals surface area (Å²) in [6.45, 7) is 7.95. The van der Waals surface area contributed by atoms with E-state index in [0.717, 1.165) is 26.2 Å². The van der Waals surface area contributed by atoms with Gasteiger partial charge >= 0.3 is 6.03 Å². The summed E-state index contributed by atoms with van der Waals surface area (Å²) in [5.74, 6) is -0.233. The Labute approximate surface area is 182 Å². The van der Waals surface area contributed by atoms with Crippen LogP contribution in [0.15, 0.2) is 67.0 Å². The van der Waals surface area contributed by atoms with Crippen molar-refractivity contribution in [3.8, 4) is 0 Å². The minimum Gasteiger partial charge on any atom is -0.319 e. The molecule has 0 radical (unpaired) electrons. The standard InChI is InChI=1S/C23H28N6O2/c1-3-28(4-2)14-15-29-17-21(16-24-29)25-22(30)18-10-12-20(13-11-18)27-23(31)26-19-8-6-5-7-9-19/h5-13,16-17H,3-4,14-15H2,1-2H3,(H,25,30)(H2,26,27,31). The molecule has 0 atom stereocenters. The maximum atomic E-state index is 12.5. The van der Waals surface area contributed by atoms with Gasteiger partial charge in [0.2, 0.25) is 0 Å². The molecule has 0 aliphatic heterocycles. The fourth-order valence-electron chi connectivity index (χ4n) is 3.06. The smallest absolute Gasteiger partial charge is 0.319 e. The van der Waals surface area contributed by atoms with E-state index in [1.807, 2.05) is 29.1 Å². The van der Waals surface area contributed by atoms with Crippen molar-refractivity contribution in [2.24, 2.45) is 0 Å². The molecule has 0 bridgehead atoms. The number of anilines is 3. The lowest BCUT2D eigenvalue weighted by Crippen LogP contribution is -2.27. The third-order valence-electron chi connectivity index (χ3n) is 4.87. The quantitative estimate of drug-likeness (QED) is 0.486. The Morgan fingerprint density at radius 3 is 2.16 bits per heavy atom. The van der Waals surface area contributed by atoms with Crippen LogP contribution < -0.4 is 16.0 Å². The monoisotopic (exact) mass is 420 g/mol. The highest BCUT2D eigenvalue weighted by Gasteiger charge is 2.09. The minimum atomic E-state index is -0.347. The van der Waals surface area contributed by atoms with Crippen LogP contribution >= 0.6 is 0 Å². The van der Waals surface area contributed by atoms with Crippen molar-refractivity contribution in [1.82, 2.24) is 14.7 Å². The average Bonchev–Trinajstić information content (AvgIpc) is 3.22. The maximum Gasteiger partial charge on any atom is 0.323 e. The van der Waals surface area contributed by atoms with Crippen molar-refractivity contribution in [2.75, 3.05) is 35.6 Å². The van der Waals surface area contributed by atoms with Crippen LogP contribution in [0.3, 0.4) is 0 Å². The molecule has 31 heavy (non-hydrogen) atoms. The molecule has 3 amide bonds. The first-order chi connectivity index (χ1) is 15.1. The van der Waals surface area contributed by atoms with Crippen LogP contribution in [0.25, 0.3) is 0 Å². The van der Waals surface area contributed by atoms with Crippen LogP contribution in [-0.2, 0) is 6.54 Å². The Hall–Kier alpha value is -3.65. The molecule has 162 valence electrons. The third kappa shape index (κ3) is 6.68. The second kappa shape index (κ2) is 10.9. The molecular weight excluding hydrogens is 392 g/mol. The first kappa shape index (κ1) is 22.0. The van der Waals surface area contributed by atoms with Crippen molar-refractivity contribution >= 4 is 29.0 Å². The summed E-state index contributed by atoms with van der Waals surface area (Å²) in [7, 11) is 0. The molecule has 0 aliphatic rings. The van der Waals surface area contributed by atoms with Gasteiger partial charge in [-0.1, -0.05) is 32.0 Å². The van der Waals surface area contributed by atoms with E-state index in [1.165, 1.54) is 0 Å². The first-order valence-electron chi connectivity index (χ1n) is 10.4. The summed E-state index contributed by atoms with van der Waals surface area (Å²) >= 11 is 0. The van der Waals surface area contributed by atoms with Crippen molar-refractivity contribution in [3.63, 3.8) is 0 Å². The molecule has 2 aromatic carbocycles. The number of nitrogens with one attached hydrogen (secondary N) is 3. The third-order valence-corrected chi connectivity index (χ3v) is 4.87. The van der Waals surface area contributed by atoms with Gasteiger partial charge in [0.05, 0.1) is 18.4 Å². The lowest BCUT2D eigenvalue weighted by Gasteiger charge is -2.17. The van der Waals surface area contributed by atoms with Crippen molar-refractivity contribution < 1.29 is 9.59 Å². The number of carbonyl (C=O) groups excluding carboxylic acids is 2. The number of urea groups is 1. The molecule has 3 aromatic rings. The van der Waals surface area contributed by atoms with E-state index in [1.54, 1.807) is 42.6 Å².